The van der Waals surface area contributed by atoms with E-state index in [0.717, 1.165) is 0 Å². The Bertz CT molecular complexity index is 502. The Morgan fingerprint density at radius 3 is 2.29 bits per heavy atom. The van der Waals surface area contributed by atoms with Gasteiger partial charge in [0.05, 0.1) is 6.42 Å². The molecular formula is C14H17FN2O4. The van der Waals surface area contributed by atoms with Gasteiger partial charge in [-0.3, -0.25) is 14.4 Å². The number of nitrogens with one attached hydrogen (secondary N) is 2. The summed E-state index contributed by atoms with van der Waals surface area (Å²) in [6.07, 6.45) is 0.516. The van der Waals surface area contributed by atoms with Crippen molar-refractivity contribution >= 4 is 17.8 Å². The van der Waals surface area contributed by atoms with Gasteiger partial charge in [0.1, 0.15) is 5.82 Å². The number of carbonyl (C=O) groups is 3. The lowest BCUT2D eigenvalue weighted by molar-refractivity contribution is -0.136. The number of hydrogen-bond acceptors (Lipinski definition) is 3. The maximum absolute atomic E-state index is 12.7. The molecule has 0 spiro atoms. The predicted octanol–water partition coefficient (Wildman–Crippen LogP) is 0.927. The number of amides is 2. The van der Waals surface area contributed by atoms with Crippen LogP contribution in [-0.4, -0.2) is 36.0 Å². The van der Waals surface area contributed by atoms with Crippen molar-refractivity contribution in [2.24, 2.45) is 0 Å². The largest absolute Gasteiger partial charge is 0.481 e. The van der Waals surface area contributed by atoms with Crippen LogP contribution in [0.1, 0.15) is 29.6 Å². The summed E-state index contributed by atoms with van der Waals surface area (Å²) in [5.41, 5.74) is 0.349. The van der Waals surface area contributed by atoms with Crippen LogP contribution in [0.15, 0.2) is 24.3 Å². The van der Waals surface area contributed by atoms with Crippen molar-refractivity contribution in [2.45, 2.75) is 19.3 Å². The summed E-state index contributed by atoms with van der Waals surface area (Å²) in [6, 6.07) is 5.15. The number of carbonyl (C=O) groups excluding carboxylic acids is 2. The first-order valence-electron chi connectivity index (χ1n) is 6.51. The molecule has 0 heterocycles. The Morgan fingerprint density at radius 1 is 1.00 bits per heavy atom. The van der Waals surface area contributed by atoms with E-state index >= 15 is 0 Å². The molecule has 0 bridgehead atoms. The average Bonchev–Trinajstić information content (AvgIpc) is 2.43. The van der Waals surface area contributed by atoms with Gasteiger partial charge >= 0.3 is 5.97 Å². The number of hydrogen-bond donors (Lipinski definition) is 3. The van der Waals surface area contributed by atoms with Crippen molar-refractivity contribution < 1.29 is 23.9 Å². The van der Waals surface area contributed by atoms with Crippen LogP contribution in [0.25, 0.3) is 0 Å². The molecule has 6 nitrogen and oxygen atoms in total. The molecule has 1 aromatic rings. The molecule has 0 aromatic heterocycles. The molecule has 21 heavy (non-hydrogen) atoms. The molecule has 114 valence electrons. The summed E-state index contributed by atoms with van der Waals surface area (Å²) in [4.78, 5) is 33.2. The third kappa shape index (κ3) is 7.05. The summed E-state index contributed by atoms with van der Waals surface area (Å²) in [5.74, 6) is -1.97. The smallest absolute Gasteiger partial charge is 0.305 e. The zero-order valence-corrected chi connectivity index (χ0v) is 11.4. The zero-order valence-electron chi connectivity index (χ0n) is 11.4. The monoisotopic (exact) mass is 296 g/mol. The number of carboxylic acid groups (broad SMARTS) is 1. The summed E-state index contributed by atoms with van der Waals surface area (Å²) < 4.78 is 12.7. The average molecular weight is 296 g/mol. The molecule has 0 aliphatic rings. The van der Waals surface area contributed by atoms with E-state index in [1.807, 2.05) is 0 Å². The fourth-order valence-electron chi connectivity index (χ4n) is 1.55. The fourth-order valence-corrected chi connectivity index (χ4v) is 1.55. The maximum Gasteiger partial charge on any atom is 0.305 e. The SMILES string of the molecule is O=C(O)CCNC(=O)CCCNC(=O)c1ccc(F)cc1. The highest BCUT2D eigenvalue weighted by Crippen LogP contribution is 2.02. The van der Waals surface area contributed by atoms with Crippen LogP contribution in [0.3, 0.4) is 0 Å². The van der Waals surface area contributed by atoms with Gasteiger partial charge in [-0.05, 0) is 30.7 Å². The van der Waals surface area contributed by atoms with Gasteiger partial charge < -0.3 is 15.7 Å². The van der Waals surface area contributed by atoms with Crippen LogP contribution in [0.4, 0.5) is 4.39 Å². The normalized spacial score (nSPS) is 9.95. The number of rotatable bonds is 8. The third-order valence-corrected chi connectivity index (χ3v) is 2.63. The van der Waals surface area contributed by atoms with Gasteiger partial charge in [0.2, 0.25) is 5.91 Å². The lowest BCUT2D eigenvalue weighted by Gasteiger charge is -2.06. The zero-order chi connectivity index (χ0) is 15.7. The van der Waals surface area contributed by atoms with Crippen LogP contribution in [0, 0.1) is 5.82 Å². The minimum Gasteiger partial charge on any atom is -0.481 e. The van der Waals surface area contributed by atoms with Crippen molar-refractivity contribution in [3.8, 4) is 0 Å². The minimum absolute atomic E-state index is 0.0934. The molecular weight excluding hydrogens is 279 g/mol. The van der Waals surface area contributed by atoms with E-state index in [-0.39, 0.29) is 31.2 Å². The van der Waals surface area contributed by atoms with Crippen LogP contribution < -0.4 is 10.6 Å². The molecule has 3 N–H and O–H groups in total. The van der Waals surface area contributed by atoms with E-state index in [4.69, 9.17) is 5.11 Å². The van der Waals surface area contributed by atoms with E-state index in [9.17, 15) is 18.8 Å². The first-order valence-corrected chi connectivity index (χ1v) is 6.51. The molecule has 0 atom stereocenters. The molecule has 1 aromatic carbocycles. The van der Waals surface area contributed by atoms with E-state index < -0.39 is 11.8 Å². The quantitative estimate of drug-likeness (QED) is 0.622. The van der Waals surface area contributed by atoms with Gasteiger partial charge in [-0.2, -0.15) is 0 Å². The summed E-state index contributed by atoms with van der Waals surface area (Å²) in [6.45, 7) is 0.401. The predicted molar refractivity (Wildman–Crippen MR) is 73.2 cm³/mol. The maximum atomic E-state index is 12.7. The van der Waals surface area contributed by atoms with Crippen molar-refractivity contribution in [1.29, 1.82) is 0 Å². The fraction of sp³-hybridized carbons (Fsp3) is 0.357. The molecule has 0 unspecified atom stereocenters. The van der Waals surface area contributed by atoms with Crippen LogP contribution >= 0.6 is 0 Å². The topological polar surface area (TPSA) is 95.5 Å². The Labute approximate surface area is 121 Å². The molecule has 0 aliphatic heterocycles. The van der Waals surface area contributed by atoms with Gasteiger partial charge in [0, 0.05) is 25.1 Å². The number of benzene rings is 1. The van der Waals surface area contributed by atoms with Gasteiger partial charge in [-0.1, -0.05) is 0 Å². The standard InChI is InChI=1S/C14H17FN2O4/c15-11-5-3-10(4-6-11)14(21)17-8-1-2-12(18)16-9-7-13(19)20/h3-6H,1-2,7-9H2,(H,16,18)(H,17,21)(H,19,20). The Kier molecular flexibility index (Phi) is 6.86. The summed E-state index contributed by atoms with van der Waals surface area (Å²) >= 11 is 0. The first kappa shape index (κ1) is 16.6. The van der Waals surface area contributed by atoms with Crippen LogP contribution in [0.5, 0.6) is 0 Å². The van der Waals surface area contributed by atoms with Crippen molar-refractivity contribution in [1.82, 2.24) is 10.6 Å². The van der Waals surface area contributed by atoms with Gasteiger partial charge in [0.25, 0.3) is 5.91 Å². The van der Waals surface area contributed by atoms with E-state index in [0.29, 0.717) is 18.5 Å². The van der Waals surface area contributed by atoms with Gasteiger partial charge in [-0.15, -0.1) is 0 Å². The highest BCUT2D eigenvalue weighted by Gasteiger charge is 2.06. The second-order valence-corrected chi connectivity index (χ2v) is 4.36. The Balaban J connectivity index is 2.16. The lowest BCUT2D eigenvalue weighted by Crippen LogP contribution is -2.28. The third-order valence-electron chi connectivity index (χ3n) is 2.63. The summed E-state index contributed by atoms with van der Waals surface area (Å²) in [7, 11) is 0. The highest BCUT2D eigenvalue weighted by molar-refractivity contribution is 5.94. The van der Waals surface area contributed by atoms with E-state index in [1.54, 1.807) is 0 Å². The van der Waals surface area contributed by atoms with Crippen molar-refractivity contribution in [3.05, 3.63) is 35.6 Å². The van der Waals surface area contributed by atoms with Gasteiger partial charge in [0.15, 0.2) is 0 Å². The van der Waals surface area contributed by atoms with Gasteiger partial charge in [-0.25, -0.2) is 4.39 Å². The Morgan fingerprint density at radius 2 is 1.67 bits per heavy atom. The molecule has 0 saturated carbocycles. The van der Waals surface area contributed by atoms with Crippen LogP contribution in [-0.2, 0) is 9.59 Å². The molecule has 2 amide bonds. The number of halogens is 1. The first-order chi connectivity index (χ1) is 9.99. The van der Waals surface area contributed by atoms with Crippen LogP contribution in [0.2, 0.25) is 0 Å². The van der Waals surface area contributed by atoms with E-state index in [2.05, 4.69) is 10.6 Å². The number of carboxylic acids is 1. The second-order valence-electron chi connectivity index (χ2n) is 4.36. The Hall–Kier alpha value is -2.44. The number of aliphatic carboxylic acids is 1. The lowest BCUT2D eigenvalue weighted by atomic mass is 10.2. The van der Waals surface area contributed by atoms with E-state index in [1.165, 1.54) is 24.3 Å². The molecule has 0 radical (unpaired) electrons. The molecule has 0 fully saturated rings. The van der Waals surface area contributed by atoms with Crippen molar-refractivity contribution in [3.63, 3.8) is 0 Å². The summed E-state index contributed by atoms with van der Waals surface area (Å²) in [5, 5.41) is 13.5. The molecule has 0 saturated heterocycles. The second kappa shape index (κ2) is 8.68. The van der Waals surface area contributed by atoms with Crippen molar-refractivity contribution in [2.75, 3.05) is 13.1 Å². The molecule has 1 rings (SSSR count). The molecule has 7 heteroatoms. The highest BCUT2D eigenvalue weighted by atomic mass is 19.1. The molecule has 0 aliphatic carbocycles. The minimum atomic E-state index is -0.970.